The van der Waals surface area contributed by atoms with Crippen molar-refractivity contribution in [3.05, 3.63) is 74.8 Å². The van der Waals surface area contributed by atoms with Gasteiger partial charge in [-0.15, -0.1) is 0 Å². The summed E-state index contributed by atoms with van der Waals surface area (Å²) in [6.07, 6.45) is -1.63. The Morgan fingerprint density at radius 3 is 2.50 bits per heavy atom. The minimum absolute atomic E-state index is 0.193. The Hall–Kier alpha value is -2.87. The Morgan fingerprint density at radius 1 is 1.29 bits per heavy atom. The van der Waals surface area contributed by atoms with Crippen molar-refractivity contribution in [2.75, 3.05) is 6.54 Å². The average Bonchev–Trinajstić information content (AvgIpc) is 2.52. The van der Waals surface area contributed by atoms with E-state index in [-0.39, 0.29) is 5.56 Å². The third-order valence-corrected chi connectivity index (χ3v) is 3.38. The SMILES string of the molecule is Cc1ccc([N+](=O)[O-])c(C(=O)NCC(O)c2c(F)cccc2F)c1. The highest BCUT2D eigenvalue weighted by Gasteiger charge is 2.22. The fraction of sp³-hybridized carbons (Fsp3) is 0.188. The van der Waals surface area contributed by atoms with Gasteiger partial charge in [-0.25, -0.2) is 8.78 Å². The van der Waals surface area contributed by atoms with Gasteiger partial charge in [-0.1, -0.05) is 12.1 Å². The second-order valence-electron chi connectivity index (χ2n) is 5.14. The van der Waals surface area contributed by atoms with E-state index in [0.717, 1.165) is 18.2 Å². The number of nitro groups is 1. The summed E-state index contributed by atoms with van der Waals surface area (Å²) in [5.41, 5.74) is -0.533. The van der Waals surface area contributed by atoms with Crippen LogP contribution in [0.1, 0.15) is 27.6 Å². The third kappa shape index (κ3) is 3.72. The summed E-state index contributed by atoms with van der Waals surface area (Å²) in [4.78, 5) is 22.4. The molecule has 0 spiro atoms. The number of aryl methyl sites for hydroxylation is 1. The van der Waals surface area contributed by atoms with Crippen molar-refractivity contribution in [1.29, 1.82) is 0 Å². The number of rotatable bonds is 5. The van der Waals surface area contributed by atoms with E-state index in [1.165, 1.54) is 18.2 Å². The van der Waals surface area contributed by atoms with Gasteiger partial charge in [-0.3, -0.25) is 14.9 Å². The molecule has 2 N–H and O–H groups in total. The molecule has 6 nitrogen and oxygen atoms in total. The molecule has 2 rings (SSSR count). The second kappa shape index (κ2) is 7.14. The summed E-state index contributed by atoms with van der Waals surface area (Å²) in [6, 6.07) is 7.11. The van der Waals surface area contributed by atoms with Gasteiger partial charge >= 0.3 is 0 Å². The number of benzene rings is 2. The molecule has 24 heavy (non-hydrogen) atoms. The number of carbonyl (C=O) groups is 1. The summed E-state index contributed by atoms with van der Waals surface area (Å²) in [7, 11) is 0. The first-order chi connectivity index (χ1) is 11.3. The number of nitro benzene ring substituents is 1. The molecule has 1 amide bonds. The molecular formula is C16H14F2N2O4. The van der Waals surface area contributed by atoms with E-state index in [1.54, 1.807) is 6.92 Å². The van der Waals surface area contributed by atoms with E-state index in [1.807, 2.05) is 0 Å². The largest absolute Gasteiger partial charge is 0.386 e. The average molecular weight is 336 g/mol. The van der Waals surface area contributed by atoms with Gasteiger partial charge in [0.1, 0.15) is 23.3 Å². The first-order valence-electron chi connectivity index (χ1n) is 6.96. The Bertz CT molecular complexity index is 775. The van der Waals surface area contributed by atoms with Gasteiger partial charge in [-0.2, -0.15) is 0 Å². The molecule has 0 heterocycles. The molecule has 2 aromatic carbocycles. The first kappa shape index (κ1) is 17.5. The Balaban J connectivity index is 2.17. The van der Waals surface area contributed by atoms with Gasteiger partial charge in [0.25, 0.3) is 11.6 Å². The summed E-state index contributed by atoms with van der Waals surface area (Å²) < 4.78 is 27.1. The summed E-state index contributed by atoms with van der Waals surface area (Å²) in [5.74, 6) is -2.71. The fourth-order valence-electron chi connectivity index (χ4n) is 2.21. The van der Waals surface area contributed by atoms with Gasteiger partial charge in [0.2, 0.25) is 0 Å². The summed E-state index contributed by atoms with van der Waals surface area (Å²) in [6.45, 7) is 1.16. The van der Waals surface area contributed by atoms with Crippen LogP contribution in [0.3, 0.4) is 0 Å². The van der Waals surface area contributed by atoms with E-state index in [0.29, 0.717) is 5.56 Å². The third-order valence-electron chi connectivity index (χ3n) is 3.38. The van der Waals surface area contributed by atoms with Gasteiger partial charge < -0.3 is 10.4 Å². The zero-order chi connectivity index (χ0) is 17.9. The van der Waals surface area contributed by atoms with Crippen LogP contribution in [0.25, 0.3) is 0 Å². The second-order valence-corrected chi connectivity index (χ2v) is 5.14. The van der Waals surface area contributed by atoms with Crippen molar-refractivity contribution in [2.24, 2.45) is 0 Å². The van der Waals surface area contributed by atoms with Crippen molar-refractivity contribution >= 4 is 11.6 Å². The molecule has 1 unspecified atom stereocenters. The van der Waals surface area contributed by atoms with Gasteiger partial charge in [0.05, 0.1) is 10.5 Å². The van der Waals surface area contributed by atoms with Crippen LogP contribution in [0.5, 0.6) is 0 Å². The Kier molecular flexibility index (Phi) is 5.20. The molecule has 0 bridgehead atoms. The molecule has 2 aromatic rings. The molecule has 1 atom stereocenters. The zero-order valence-electron chi connectivity index (χ0n) is 12.6. The number of aliphatic hydroxyl groups is 1. The highest BCUT2D eigenvalue weighted by Crippen LogP contribution is 2.22. The molecule has 126 valence electrons. The van der Waals surface area contributed by atoms with Gasteiger partial charge in [0, 0.05) is 12.6 Å². The molecule has 0 aromatic heterocycles. The Labute approximate surface area is 135 Å². The molecule has 0 saturated carbocycles. The van der Waals surface area contributed by atoms with E-state index in [2.05, 4.69) is 5.32 Å². The van der Waals surface area contributed by atoms with Gasteiger partial charge in [0.15, 0.2) is 0 Å². The molecule has 0 radical (unpaired) electrons. The van der Waals surface area contributed by atoms with Crippen LogP contribution in [0, 0.1) is 28.7 Å². The lowest BCUT2D eigenvalue weighted by molar-refractivity contribution is -0.385. The number of nitrogens with one attached hydrogen (secondary N) is 1. The molecule has 0 saturated heterocycles. The minimum Gasteiger partial charge on any atom is -0.386 e. The molecule has 8 heteroatoms. The van der Waals surface area contributed by atoms with Gasteiger partial charge in [-0.05, 0) is 30.7 Å². The number of amides is 1. The zero-order valence-corrected chi connectivity index (χ0v) is 12.6. The number of hydrogen-bond donors (Lipinski definition) is 2. The highest BCUT2D eigenvalue weighted by molar-refractivity contribution is 5.98. The van der Waals surface area contributed by atoms with Crippen LogP contribution in [0.4, 0.5) is 14.5 Å². The predicted molar refractivity (Wildman–Crippen MR) is 81.5 cm³/mol. The quantitative estimate of drug-likeness (QED) is 0.648. The number of nitrogens with zero attached hydrogens (tertiary/aromatic N) is 1. The van der Waals surface area contributed by atoms with E-state index < -0.39 is 46.4 Å². The van der Waals surface area contributed by atoms with Crippen molar-refractivity contribution < 1.29 is 23.6 Å². The van der Waals surface area contributed by atoms with E-state index in [4.69, 9.17) is 0 Å². The van der Waals surface area contributed by atoms with Crippen molar-refractivity contribution in [3.63, 3.8) is 0 Å². The summed E-state index contributed by atoms with van der Waals surface area (Å²) >= 11 is 0. The number of carbonyl (C=O) groups excluding carboxylic acids is 1. The highest BCUT2D eigenvalue weighted by atomic mass is 19.1. The molecular weight excluding hydrogens is 322 g/mol. The molecule has 0 aliphatic carbocycles. The normalized spacial score (nSPS) is 11.8. The lowest BCUT2D eigenvalue weighted by Crippen LogP contribution is -2.29. The predicted octanol–water partition coefficient (Wildman–Crippen LogP) is 2.64. The van der Waals surface area contributed by atoms with E-state index >= 15 is 0 Å². The maximum absolute atomic E-state index is 13.6. The van der Waals surface area contributed by atoms with Crippen LogP contribution in [-0.2, 0) is 0 Å². The first-order valence-corrected chi connectivity index (χ1v) is 6.96. The van der Waals surface area contributed by atoms with E-state index in [9.17, 15) is 28.8 Å². The number of aliphatic hydroxyl groups excluding tert-OH is 1. The van der Waals surface area contributed by atoms with Crippen LogP contribution < -0.4 is 5.32 Å². The maximum atomic E-state index is 13.6. The monoisotopic (exact) mass is 336 g/mol. The number of halogens is 2. The fourth-order valence-corrected chi connectivity index (χ4v) is 2.21. The van der Waals surface area contributed by atoms with Crippen LogP contribution in [-0.4, -0.2) is 22.5 Å². The smallest absolute Gasteiger partial charge is 0.282 e. The van der Waals surface area contributed by atoms with Crippen LogP contribution >= 0.6 is 0 Å². The topological polar surface area (TPSA) is 92.5 Å². The van der Waals surface area contributed by atoms with Crippen molar-refractivity contribution in [3.8, 4) is 0 Å². The van der Waals surface area contributed by atoms with Crippen molar-refractivity contribution in [2.45, 2.75) is 13.0 Å². The molecule has 0 aliphatic rings. The standard InChI is InChI=1S/C16H14F2N2O4/c1-9-5-6-13(20(23)24)10(7-9)16(22)19-8-14(21)15-11(17)3-2-4-12(15)18/h2-7,14,21H,8H2,1H3,(H,19,22). The lowest BCUT2D eigenvalue weighted by Gasteiger charge is -2.14. The lowest BCUT2D eigenvalue weighted by atomic mass is 10.1. The maximum Gasteiger partial charge on any atom is 0.282 e. The van der Waals surface area contributed by atoms with Crippen LogP contribution in [0.15, 0.2) is 36.4 Å². The molecule has 0 fully saturated rings. The minimum atomic E-state index is -1.63. The summed E-state index contributed by atoms with van der Waals surface area (Å²) in [5, 5.41) is 23.1. The van der Waals surface area contributed by atoms with Crippen molar-refractivity contribution in [1.82, 2.24) is 5.32 Å². The molecule has 0 aliphatic heterocycles. The number of hydrogen-bond acceptors (Lipinski definition) is 4. The van der Waals surface area contributed by atoms with Crippen LogP contribution in [0.2, 0.25) is 0 Å². The Morgan fingerprint density at radius 2 is 1.92 bits per heavy atom.